The molecule has 1 aliphatic rings. The van der Waals surface area contributed by atoms with Gasteiger partial charge in [-0.1, -0.05) is 0 Å². The molecule has 1 unspecified atom stereocenters. The zero-order valence-electron chi connectivity index (χ0n) is 21.6. The van der Waals surface area contributed by atoms with E-state index in [1.807, 2.05) is 0 Å². The number of rotatable bonds is 8. The van der Waals surface area contributed by atoms with Gasteiger partial charge >= 0.3 is 5.97 Å². The maximum Gasteiger partial charge on any atom is 0.309 e. The van der Waals surface area contributed by atoms with Gasteiger partial charge in [0.15, 0.2) is 11.5 Å². The lowest BCUT2D eigenvalue weighted by Gasteiger charge is -2.20. The largest absolute Gasteiger partial charge is 0.481 e. The van der Waals surface area contributed by atoms with Crippen LogP contribution in [0.1, 0.15) is 50.4 Å². The molecule has 4 aromatic rings. The number of nitrogens with zero attached hydrogens (tertiary/aromatic N) is 6. The Labute approximate surface area is 225 Å². The van der Waals surface area contributed by atoms with Crippen LogP contribution in [0.5, 0.6) is 0 Å². The number of alkyl halides is 2. The molecule has 0 spiro atoms. The van der Waals surface area contributed by atoms with Gasteiger partial charge in [0, 0.05) is 31.0 Å². The first-order chi connectivity index (χ1) is 18.2. The number of aromatic nitrogens is 6. The van der Waals surface area contributed by atoms with Crippen LogP contribution in [0.25, 0.3) is 22.6 Å². The van der Waals surface area contributed by atoms with E-state index in [1.54, 1.807) is 38.3 Å². The highest BCUT2D eigenvalue weighted by molar-refractivity contribution is 7.10. The third-order valence-electron chi connectivity index (χ3n) is 6.79. The minimum Gasteiger partial charge on any atom is -0.481 e. The highest BCUT2D eigenvalue weighted by Gasteiger charge is 2.50. The van der Waals surface area contributed by atoms with Crippen LogP contribution in [0.2, 0.25) is 0 Å². The topological polar surface area (TPSA) is 162 Å². The third kappa shape index (κ3) is 4.58. The average molecular weight is 557 g/mol. The number of carboxylic acid groups (broad SMARTS) is 1. The van der Waals surface area contributed by atoms with Crippen molar-refractivity contribution in [1.29, 1.82) is 0 Å². The second kappa shape index (κ2) is 9.00. The lowest BCUT2D eigenvalue weighted by molar-refractivity contribution is -0.146. The normalized spacial score (nSPS) is 17.4. The molecule has 4 N–H and O–H groups in total. The highest BCUT2D eigenvalue weighted by atomic mass is 32.1. The van der Waals surface area contributed by atoms with E-state index < -0.39 is 35.0 Å². The Balaban J connectivity index is 1.55. The summed E-state index contributed by atoms with van der Waals surface area (Å²) in [5.74, 6) is -3.90. The second-order valence-electron chi connectivity index (χ2n) is 10.5. The predicted octanol–water partition coefficient (Wildman–Crippen LogP) is 3.88. The van der Waals surface area contributed by atoms with Gasteiger partial charge in [0.2, 0.25) is 11.8 Å². The lowest BCUT2D eigenvalue weighted by atomic mass is 9.85. The minimum absolute atomic E-state index is 0.0325. The maximum atomic E-state index is 13.5. The summed E-state index contributed by atoms with van der Waals surface area (Å²) in [6.07, 6.45) is 1.29. The van der Waals surface area contributed by atoms with Crippen molar-refractivity contribution in [2.24, 2.45) is 5.41 Å². The van der Waals surface area contributed by atoms with Crippen LogP contribution in [-0.2, 0) is 28.0 Å². The van der Waals surface area contributed by atoms with E-state index in [4.69, 9.17) is 5.73 Å². The number of aliphatic carboxylic acids is 1. The molecule has 204 valence electrons. The Morgan fingerprint density at radius 3 is 2.69 bits per heavy atom. The number of carbonyl (C=O) groups is 2. The van der Waals surface area contributed by atoms with E-state index in [1.165, 1.54) is 22.2 Å². The predicted molar refractivity (Wildman–Crippen MR) is 141 cm³/mol. The van der Waals surface area contributed by atoms with Gasteiger partial charge in [0.25, 0.3) is 0 Å². The molecule has 0 aromatic carbocycles. The molecule has 11 nitrogen and oxygen atoms in total. The number of pyridine rings is 1. The summed E-state index contributed by atoms with van der Waals surface area (Å²) in [7, 11) is 0. The number of fused-ring (bicyclic) bond motifs is 2. The molecule has 5 heterocycles. The molecule has 1 amide bonds. The Morgan fingerprint density at radius 1 is 1.26 bits per heavy atom. The highest BCUT2D eigenvalue weighted by Crippen LogP contribution is 2.46. The fourth-order valence-electron chi connectivity index (χ4n) is 4.50. The van der Waals surface area contributed by atoms with Crippen molar-refractivity contribution in [3.05, 3.63) is 40.0 Å². The first kappa shape index (κ1) is 26.5. The summed E-state index contributed by atoms with van der Waals surface area (Å²) in [6, 6.07) is 3.42. The number of halogens is 2. The Bertz CT molecular complexity index is 1630. The minimum atomic E-state index is -2.88. The van der Waals surface area contributed by atoms with Crippen molar-refractivity contribution in [1.82, 2.24) is 29.7 Å². The Morgan fingerprint density at radius 2 is 2.00 bits per heavy atom. The number of amides is 1. The number of hydrogen-bond acceptors (Lipinski definition) is 9. The van der Waals surface area contributed by atoms with Gasteiger partial charge in [0.05, 0.1) is 22.1 Å². The van der Waals surface area contributed by atoms with E-state index >= 15 is 0 Å². The summed E-state index contributed by atoms with van der Waals surface area (Å²) in [5.41, 5.74) is 5.65. The van der Waals surface area contributed by atoms with Gasteiger partial charge in [-0.05, 0) is 39.8 Å². The van der Waals surface area contributed by atoms with E-state index in [2.05, 4.69) is 30.4 Å². The number of carbonyl (C=O) groups excluding carboxylic acids is 1. The summed E-state index contributed by atoms with van der Waals surface area (Å²) in [5, 5.41) is 19.4. The van der Waals surface area contributed by atoms with Gasteiger partial charge in [-0.2, -0.15) is 5.10 Å². The average Bonchev–Trinajstić information content (AvgIpc) is 3.52. The van der Waals surface area contributed by atoms with Gasteiger partial charge in [-0.15, -0.1) is 11.3 Å². The van der Waals surface area contributed by atoms with Crippen molar-refractivity contribution >= 4 is 45.9 Å². The molecule has 14 heteroatoms. The quantitative estimate of drug-likeness (QED) is 0.292. The molecule has 1 aliphatic heterocycles. The summed E-state index contributed by atoms with van der Waals surface area (Å²) >= 11 is 1.23. The first-order valence-corrected chi connectivity index (χ1v) is 13.0. The van der Waals surface area contributed by atoms with E-state index in [9.17, 15) is 23.5 Å². The maximum absolute atomic E-state index is 13.5. The Hall–Kier alpha value is -4.07. The molecule has 0 radical (unpaired) electrons. The third-order valence-corrected chi connectivity index (χ3v) is 7.90. The van der Waals surface area contributed by atoms with Gasteiger partial charge in [-0.25, -0.2) is 33.4 Å². The van der Waals surface area contributed by atoms with E-state index in [0.29, 0.717) is 33.0 Å². The number of thiazole rings is 1. The SMILES string of the molecule is CC(F)(F)CCn1nc(-c2nc(N)c3c(n2)NC(=O)C3(C)c2nc(CC(C)(C)C(=O)O)cs2)c2cccnc21. The zero-order chi connectivity index (χ0) is 28.3. The molecule has 0 aliphatic carbocycles. The Kier molecular flexibility index (Phi) is 6.12. The number of aryl methyl sites for hydroxylation is 1. The van der Waals surface area contributed by atoms with Crippen LogP contribution in [0.15, 0.2) is 23.7 Å². The molecular formula is C25H26F2N8O3S. The molecule has 0 saturated heterocycles. The molecular weight excluding hydrogens is 530 g/mol. The monoisotopic (exact) mass is 556 g/mol. The number of hydrogen-bond donors (Lipinski definition) is 3. The van der Waals surface area contributed by atoms with Crippen molar-refractivity contribution in [3.63, 3.8) is 0 Å². The molecule has 0 fully saturated rings. The van der Waals surface area contributed by atoms with E-state index in [0.717, 1.165) is 6.92 Å². The number of nitrogen functional groups attached to an aromatic ring is 1. The van der Waals surface area contributed by atoms with Crippen LogP contribution in [0.4, 0.5) is 20.4 Å². The lowest BCUT2D eigenvalue weighted by Crippen LogP contribution is -2.33. The molecule has 4 aromatic heterocycles. The number of nitrogens with one attached hydrogen (secondary N) is 1. The number of anilines is 2. The van der Waals surface area contributed by atoms with Crippen LogP contribution < -0.4 is 11.1 Å². The first-order valence-electron chi connectivity index (χ1n) is 12.1. The zero-order valence-corrected chi connectivity index (χ0v) is 22.4. The van der Waals surface area contributed by atoms with Gasteiger partial charge in [0.1, 0.15) is 27.8 Å². The van der Waals surface area contributed by atoms with Crippen molar-refractivity contribution < 1.29 is 23.5 Å². The summed E-state index contributed by atoms with van der Waals surface area (Å²) in [6.45, 7) is 5.65. The number of carboxylic acids is 1. The molecule has 5 rings (SSSR count). The van der Waals surface area contributed by atoms with Crippen LogP contribution in [0.3, 0.4) is 0 Å². The van der Waals surface area contributed by atoms with Crippen LogP contribution >= 0.6 is 11.3 Å². The standard InChI is InChI=1S/C25H26F2N8O3S/c1-23(2,22(37)38)10-12-11-39-21(30-12)25(4)14-16(28)31-18(32-17(14)33-20(25)36)15-13-6-5-8-29-19(13)35(34-15)9-7-24(3,26)27/h5-6,8,11H,7,9-10H2,1-4H3,(H,37,38)(H3,28,31,32,33,36). The molecule has 39 heavy (non-hydrogen) atoms. The van der Waals surface area contributed by atoms with Gasteiger partial charge in [-0.3, -0.25) is 9.59 Å². The fraction of sp³-hybridized carbons (Fsp3) is 0.400. The molecule has 0 saturated carbocycles. The summed E-state index contributed by atoms with van der Waals surface area (Å²) < 4.78 is 28.5. The van der Waals surface area contributed by atoms with E-state index in [-0.39, 0.29) is 30.4 Å². The fourth-order valence-corrected chi connectivity index (χ4v) is 5.48. The van der Waals surface area contributed by atoms with Crippen molar-refractivity contribution in [2.75, 3.05) is 11.1 Å². The second-order valence-corrected chi connectivity index (χ2v) is 11.4. The van der Waals surface area contributed by atoms with Crippen LogP contribution in [0, 0.1) is 5.41 Å². The van der Waals surface area contributed by atoms with Crippen molar-refractivity contribution in [2.45, 2.75) is 58.4 Å². The number of nitrogens with two attached hydrogens (primary N) is 1. The van der Waals surface area contributed by atoms with Gasteiger partial charge < -0.3 is 16.2 Å². The van der Waals surface area contributed by atoms with Crippen molar-refractivity contribution in [3.8, 4) is 11.5 Å². The smallest absolute Gasteiger partial charge is 0.309 e. The summed E-state index contributed by atoms with van der Waals surface area (Å²) in [4.78, 5) is 42.7. The molecule has 1 atom stereocenters. The molecule has 0 bridgehead atoms. The van der Waals surface area contributed by atoms with Crippen LogP contribution in [-0.4, -0.2) is 52.6 Å².